The molecule has 0 unspecified atom stereocenters. The van der Waals surface area contributed by atoms with Crippen LogP contribution in [0, 0.1) is 50.4 Å². The van der Waals surface area contributed by atoms with Gasteiger partial charge in [0.2, 0.25) is 0 Å². The van der Waals surface area contributed by atoms with E-state index in [1.807, 2.05) is 0 Å². The highest BCUT2D eigenvalue weighted by Crippen LogP contribution is 2.45. The molecule has 0 bridgehead atoms. The van der Waals surface area contributed by atoms with Crippen molar-refractivity contribution in [1.82, 2.24) is 0 Å². The van der Waals surface area contributed by atoms with Gasteiger partial charge < -0.3 is 15.2 Å². The third-order valence-corrected chi connectivity index (χ3v) is 10.6. The average Bonchev–Trinajstić information content (AvgIpc) is 2.93. The Morgan fingerprint density at radius 3 is 2.05 bits per heavy atom. The molecule has 0 saturated heterocycles. The first-order valence-electron chi connectivity index (χ1n) is 17.2. The van der Waals surface area contributed by atoms with Gasteiger partial charge in [0.25, 0.3) is 0 Å². The summed E-state index contributed by atoms with van der Waals surface area (Å²) in [6.45, 7) is 18.9. The number of carbonyl (C=O) groups excluding carboxylic acids is 1. The minimum absolute atomic E-state index is 0.00649. The molecule has 1 aromatic carbocycles. The third-order valence-electron chi connectivity index (χ3n) is 10.6. The van der Waals surface area contributed by atoms with Crippen LogP contribution in [-0.2, 0) is 11.2 Å². The molecule has 1 aliphatic heterocycles. The number of benzene rings is 1. The Labute approximate surface area is 252 Å². The van der Waals surface area contributed by atoms with Crippen LogP contribution in [0.15, 0.2) is 0 Å². The molecule has 4 nitrogen and oxygen atoms in total. The number of nitrogens with two attached hydrogens (primary N) is 1. The summed E-state index contributed by atoms with van der Waals surface area (Å²) in [7, 11) is 0. The smallest absolute Gasteiger partial charge is 0.314 e. The van der Waals surface area contributed by atoms with Crippen LogP contribution in [0.3, 0.4) is 0 Å². The summed E-state index contributed by atoms with van der Waals surface area (Å²) < 4.78 is 12.9. The van der Waals surface area contributed by atoms with E-state index in [1.54, 1.807) is 0 Å². The molecule has 0 amide bonds. The molecule has 0 radical (unpaired) electrons. The molecule has 3 rings (SSSR count). The van der Waals surface area contributed by atoms with Crippen molar-refractivity contribution in [3.63, 3.8) is 0 Å². The maximum Gasteiger partial charge on any atom is 0.314 e. The minimum Gasteiger partial charge on any atom is -0.487 e. The lowest BCUT2D eigenvalue weighted by atomic mass is 9.82. The van der Waals surface area contributed by atoms with Gasteiger partial charge in [-0.15, -0.1) is 0 Å². The third kappa shape index (κ3) is 9.73. The average molecular weight is 570 g/mol. The molecule has 0 aromatic heterocycles. The van der Waals surface area contributed by atoms with Crippen LogP contribution < -0.4 is 15.2 Å². The SMILES string of the molecule is Cc1c(C)c2c(c(C)c1OC(=O)C1CCC(CN)CC1)CC[C@@](C)(CCC[C@H](C)CCC[C@H](C)CCCC(C)C)O2. The standard InChI is InChI=1S/C37H63NO3/c1-25(2)12-9-13-26(3)14-10-15-27(4)16-11-22-37(8)23-21-33-30(7)34(28(5)29(6)35(33)41-37)40-36(39)32-19-17-31(24-38)18-20-32/h25-27,31-32H,9-24,38H2,1-8H3/t26-,27-,31?,32?,37-/m1/s1. The fourth-order valence-electron chi connectivity index (χ4n) is 7.23. The molecule has 0 spiro atoms. The lowest BCUT2D eigenvalue weighted by Crippen LogP contribution is -2.37. The van der Waals surface area contributed by atoms with Gasteiger partial charge in [0.1, 0.15) is 17.1 Å². The number of ether oxygens (including phenoxy) is 2. The monoisotopic (exact) mass is 569 g/mol. The van der Waals surface area contributed by atoms with Crippen LogP contribution in [0.1, 0.15) is 147 Å². The molecule has 1 heterocycles. The molecule has 1 saturated carbocycles. The first-order valence-corrected chi connectivity index (χ1v) is 17.2. The summed E-state index contributed by atoms with van der Waals surface area (Å²) in [6, 6.07) is 0. The summed E-state index contributed by atoms with van der Waals surface area (Å²) >= 11 is 0. The predicted molar refractivity (Wildman–Crippen MR) is 173 cm³/mol. The van der Waals surface area contributed by atoms with E-state index in [-0.39, 0.29) is 17.5 Å². The number of hydrogen-bond donors (Lipinski definition) is 1. The van der Waals surface area contributed by atoms with Crippen molar-refractivity contribution in [1.29, 1.82) is 0 Å². The maximum atomic E-state index is 13.1. The zero-order valence-electron chi connectivity index (χ0n) is 28.0. The molecule has 4 heteroatoms. The van der Waals surface area contributed by atoms with Crippen LogP contribution in [0.5, 0.6) is 11.5 Å². The lowest BCUT2D eigenvalue weighted by Gasteiger charge is -2.38. The Kier molecular flexibility index (Phi) is 13.1. The molecular formula is C37H63NO3. The van der Waals surface area contributed by atoms with Crippen molar-refractivity contribution in [3.8, 4) is 11.5 Å². The normalized spacial score (nSPS) is 24.0. The topological polar surface area (TPSA) is 61.5 Å². The minimum atomic E-state index is -0.124. The molecule has 2 N–H and O–H groups in total. The zero-order chi connectivity index (χ0) is 30.2. The summed E-state index contributed by atoms with van der Waals surface area (Å²) in [5.74, 6) is 4.77. The Balaban J connectivity index is 1.49. The Hall–Kier alpha value is -1.55. The highest BCUT2D eigenvalue weighted by atomic mass is 16.5. The van der Waals surface area contributed by atoms with Gasteiger partial charge in [-0.3, -0.25) is 4.79 Å². The van der Waals surface area contributed by atoms with E-state index >= 15 is 0 Å². The van der Waals surface area contributed by atoms with Crippen LogP contribution in [0.4, 0.5) is 0 Å². The highest BCUT2D eigenvalue weighted by molar-refractivity contribution is 5.77. The Morgan fingerprint density at radius 2 is 1.46 bits per heavy atom. The molecule has 3 atom stereocenters. The second kappa shape index (κ2) is 15.8. The van der Waals surface area contributed by atoms with Gasteiger partial charge in [-0.05, 0) is 126 Å². The molecule has 41 heavy (non-hydrogen) atoms. The molecular weight excluding hydrogens is 506 g/mol. The molecule has 1 fully saturated rings. The first kappa shape index (κ1) is 33.9. The Bertz CT molecular complexity index is 977. The maximum absolute atomic E-state index is 13.1. The number of carbonyl (C=O) groups is 1. The van der Waals surface area contributed by atoms with Gasteiger partial charge in [0.05, 0.1) is 5.92 Å². The number of hydrogen-bond acceptors (Lipinski definition) is 4. The van der Waals surface area contributed by atoms with Crippen LogP contribution in [0.2, 0.25) is 0 Å². The van der Waals surface area contributed by atoms with Crippen molar-refractivity contribution in [2.24, 2.45) is 35.3 Å². The van der Waals surface area contributed by atoms with Gasteiger partial charge in [0.15, 0.2) is 0 Å². The van der Waals surface area contributed by atoms with Crippen LogP contribution in [-0.4, -0.2) is 18.1 Å². The lowest BCUT2D eigenvalue weighted by molar-refractivity contribution is -0.140. The van der Waals surface area contributed by atoms with E-state index in [9.17, 15) is 4.79 Å². The summed E-state index contributed by atoms with van der Waals surface area (Å²) in [5.41, 5.74) is 10.2. The number of esters is 1. The van der Waals surface area contributed by atoms with Crippen molar-refractivity contribution < 1.29 is 14.3 Å². The van der Waals surface area contributed by atoms with Crippen molar-refractivity contribution >= 4 is 5.97 Å². The van der Waals surface area contributed by atoms with E-state index in [1.165, 1.54) is 56.9 Å². The fraction of sp³-hybridized carbons (Fsp3) is 0.811. The summed E-state index contributed by atoms with van der Waals surface area (Å²) in [6.07, 6.45) is 17.7. The Morgan fingerprint density at radius 1 is 0.878 bits per heavy atom. The van der Waals surface area contributed by atoms with Crippen molar-refractivity contribution in [3.05, 3.63) is 22.3 Å². The van der Waals surface area contributed by atoms with E-state index < -0.39 is 0 Å². The molecule has 234 valence electrons. The van der Waals surface area contributed by atoms with Crippen LogP contribution >= 0.6 is 0 Å². The van der Waals surface area contributed by atoms with E-state index in [2.05, 4.69) is 55.4 Å². The van der Waals surface area contributed by atoms with Gasteiger partial charge in [-0.2, -0.15) is 0 Å². The largest absolute Gasteiger partial charge is 0.487 e. The molecule has 1 aliphatic carbocycles. The second-order valence-corrected chi connectivity index (χ2v) is 14.8. The quantitative estimate of drug-likeness (QED) is 0.169. The van der Waals surface area contributed by atoms with Gasteiger partial charge >= 0.3 is 5.97 Å². The summed E-state index contributed by atoms with van der Waals surface area (Å²) in [5, 5.41) is 0. The highest BCUT2D eigenvalue weighted by Gasteiger charge is 2.35. The van der Waals surface area contributed by atoms with Crippen molar-refractivity contribution in [2.45, 2.75) is 157 Å². The van der Waals surface area contributed by atoms with E-state index in [0.717, 1.165) is 97.4 Å². The molecule has 1 aromatic rings. The zero-order valence-corrected chi connectivity index (χ0v) is 28.0. The fourth-order valence-corrected chi connectivity index (χ4v) is 7.23. The predicted octanol–water partition coefficient (Wildman–Crippen LogP) is 9.81. The van der Waals surface area contributed by atoms with Crippen molar-refractivity contribution in [2.75, 3.05) is 6.54 Å². The van der Waals surface area contributed by atoms with E-state index in [0.29, 0.717) is 5.92 Å². The second-order valence-electron chi connectivity index (χ2n) is 14.8. The number of rotatable bonds is 15. The first-order chi connectivity index (χ1) is 19.4. The number of fused-ring (bicyclic) bond motifs is 1. The van der Waals surface area contributed by atoms with Crippen LogP contribution in [0.25, 0.3) is 0 Å². The molecule has 2 aliphatic rings. The van der Waals surface area contributed by atoms with Gasteiger partial charge in [-0.1, -0.05) is 72.6 Å². The summed E-state index contributed by atoms with van der Waals surface area (Å²) in [4.78, 5) is 13.1. The van der Waals surface area contributed by atoms with E-state index in [4.69, 9.17) is 15.2 Å². The van der Waals surface area contributed by atoms with Gasteiger partial charge in [-0.25, -0.2) is 0 Å². The van der Waals surface area contributed by atoms with Gasteiger partial charge in [0, 0.05) is 5.56 Å².